The maximum absolute atomic E-state index is 4.23. The van der Waals surface area contributed by atoms with Gasteiger partial charge in [0.25, 0.3) is 0 Å². The van der Waals surface area contributed by atoms with Gasteiger partial charge in [-0.15, -0.1) is 0 Å². The van der Waals surface area contributed by atoms with Gasteiger partial charge in [0.05, 0.1) is 0 Å². The third-order valence-electron chi connectivity index (χ3n) is 3.24. The monoisotopic (exact) mass is 333 g/mol. The van der Waals surface area contributed by atoms with Gasteiger partial charge >= 0.3 is 0 Å². The summed E-state index contributed by atoms with van der Waals surface area (Å²) in [7, 11) is 0. The maximum Gasteiger partial charge on any atom is 0.0410 e. The van der Waals surface area contributed by atoms with Gasteiger partial charge in [0.15, 0.2) is 0 Å². The minimum Gasteiger partial charge on any atom is -0.314 e. The second-order valence-corrected chi connectivity index (χ2v) is 5.79. The second-order valence-electron chi connectivity index (χ2n) is 4.87. The van der Waals surface area contributed by atoms with Crippen molar-refractivity contribution in [1.29, 1.82) is 0 Å². The molecule has 0 amide bonds. The number of aryl methyl sites for hydroxylation is 1. The minimum atomic E-state index is 0.469. The summed E-state index contributed by atoms with van der Waals surface area (Å²) < 4.78 is 1.04. The van der Waals surface area contributed by atoms with Crippen LogP contribution in [0.15, 0.2) is 47.5 Å². The van der Waals surface area contributed by atoms with Crippen LogP contribution in [-0.4, -0.2) is 22.6 Å². The molecule has 4 heteroatoms. The van der Waals surface area contributed by atoms with E-state index in [1.807, 2.05) is 30.9 Å². The quantitative estimate of drug-likeness (QED) is 0.843. The van der Waals surface area contributed by atoms with Crippen LogP contribution in [0.5, 0.6) is 0 Å². The van der Waals surface area contributed by atoms with Crippen LogP contribution in [0.1, 0.15) is 24.5 Å². The highest BCUT2D eigenvalue weighted by Gasteiger charge is 2.09. The molecule has 0 saturated carbocycles. The molecular weight excluding hydrogens is 314 g/mol. The van der Waals surface area contributed by atoms with E-state index in [1.54, 1.807) is 0 Å². The third-order valence-corrected chi connectivity index (χ3v) is 3.67. The maximum atomic E-state index is 4.23. The lowest BCUT2D eigenvalue weighted by Gasteiger charge is -2.18. The fourth-order valence-corrected chi connectivity index (χ4v) is 2.72. The molecule has 1 unspecified atom stereocenters. The van der Waals surface area contributed by atoms with E-state index in [1.165, 1.54) is 11.1 Å². The Morgan fingerprint density at radius 3 is 2.75 bits per heavy atom. The summed E-state index contributed by atoms with van der Waals surface area (Å²) in [5.74, 6) is 0. The number of hydrogen-bond acceptors (Lipinski definition) is 3. The zero-order valence-electron chi connectivity index (χ0n) is 11.7. The Labute approximate surface area is 129 Å². The smallest absolute Gasteiger partial charge is 0.0410 e. The third kappa shape index (κ3) is 5.02. The van der Waals surface area contributed by atoms with Crippen molar-refractivity contribution in [2.24, 2.45) is 0 Å². The number of halogens is 1. The van der Waals surface area contributed by atoms with Gasteiger partial charge in [-0.3, -0.25) is 9.97 Å². The van der Waals surface area contributed by atoms with E-state index in [4.69, 9.17) is 0 Å². The number of nitrogens with one attached hydrogen (secondary N) is 1. The van der Waals surface area contributed by atoms with Crippen molar-refractivity contribution in [3.8, 4) is 0 Å². The Hall–Kier alpha value is -1.26. The Bertz CT molecular complexity index is 516. The molecule has 1 atom stereocenters. The fourth-order valence-electron chi connectivity index (χ4n) is 2.30. The lowest BCUT2D eigenvalue weighted by Crippen LogP contribution is -2.31. The van der Waals surface area contributed by atoms with E-state index in [-0.39, 0.29) is 0 Å². The number of rotatable bonds is 7. The summed E-state index contributed by atoms with van der Waals surface area (Å²) in [6.07, 6.45) is 10.7. The molecule has 2 aromatic rings. The molecule has 0 aliphatic carbocycles. The summed E-state index contributed by atoms with van der Waals surface area (Å²) in [4.78, 5) is 8.40. The molecule has 0 bridgehead atoms. The van der Waals surface area contributed by atoms with Crippen molar-refractivity contribution in [1.82, 2.24) is 15.3 Å². The van der Waals surface area contributed by atoms with Crippen LogP contribution in [0.25, 0.3) is 0 Å². The van der Waals surface area contributed by atoms with Crippen molar-refractivity contribution >= 4 is 15.9 Å². The average Bonchev–Trinajstić information content (AvgIpc) is 2.46. The Kier molecular flexibility index (Phi) is 6.15. The molecule has 0 aromatic carbocycles. The molecule has 106 valence electrons. The molecular formula is C16H20BrN3. The van der Waals surface area contributed by atoms with Gasteiger partial charge in [-0.25, -0.2) is 0 Å². The highest BCUT2D eigenvalue weighted by Crippen LogP contribution is 2.13. The van der Waals surface area contributed by atoms with E-state index in [9.17, 15) is 0 Å². The zero-order valence-corrected chi connectivity index (χ0v) is 13.3. The fraction of sp³-hybridized carbons (Fsp3) is 0.375. The van der Waals surface area contributed by atoms with E-state index in [2.05, 4.69) is 50.3 Å². The lowest BCUT2D eigenvalue weighted by molar-refractivity contribution is 0.490. The van der Waals surface area contributed by atoms with Crippen LogP contribution in [0.3, 0.4) is 0 Å². The first-order valence-electron chi connectivity index (χ1n) is 6.99. The number of pyridine rings is 2. The van der Waals surface area contributed by atoms with Crippen molar-refractivity contribution < 1.29 is 0 Å². The van der Waals surface area contributed by atoms with E-state index in [0.717, 1.165) is 30.3 Å². The predicted molar refractivity (Wildman–Crippen MR) is 85.7 cm³/mol. The van der Waals surface area contributed by atoms with E-state index in [0.29, 0.717) is 6.04 Å². The molecule has 3 nitrogen and oxygen atoms in total. The minimum absolute atomic E-state index is 0.469. The van der Waals surface area contributed by atoms with Gasteiger partial charge in [0.1, 0.15) is 0 Å². The van der Waals surface area contributed by atoms with Crippen LogP contribution >= 0.6 is 15.9 Å². The molecule has 0 radical (unpaired) electrons. The molecule has 2 rings (SSSR count). The van der Waals surface area contributed by atoms with Gasteiger partial charge in [0.2, 0.25) is 0 Å². The molecule has 1 N–H and O–H groups in total. The molecule has 0 aliphatic rings. The normalized spacial score (nSPS) is 12.3. The van der Waals surface area contributed by atoms with E-state index < -0.39 is 0 Å². The van der Waals surface area contributed by atoms with Gasteiger partial charge < -0.3 is 5.32 Å². The predicted octanol–water partition coefficient (Wildman–Crippen LogP) is 3.39. The van der Waals surface area contributed by atoms with Crippen LogP contribution in [0.2, 0.25) is 0 Å². The number of aromatic nitrogens is 2. The average molecular weight is 334 g/mol. The summed E-state index contributed by atoms with van der Waals surface area (Å²) in [5, 5.41) is 3.56. The molecule has 2 aromatic heterocycles. The van der Waals surface area contributed by atoms with Gasteiger partial charge in [-0.1, -0.05) is 13.0 Å². The number of hydrogen-bond donors (Lipinski definition) is 1. The van der Waals surface area contributed by atoms with Crippen molar-refractivity contribution in [2.75, 3.05) is 6.54 Å². The first-order chi connectivity index (χ1) is 9.78. The molecule has 0 saturated heterocycles. The molecule has 20 heavy (non-hydrogen) atoms. The molecule has 0 fully saturated rings. The van der Waals surface area contributed by atoms with Crippen LogP contribution in [0, 0.1) is 0 Å². The van der Waals surface area contributed by atoms with Crippen molar-refractivity contribution in [2.45, 2.75) is 32.2 Å². The topological polar surface area (TPSA) is 37.8 Å². The van der Waals surface area contributed by atoms with Crippen LogP contribution < -0.4 is 5.32 Å². The van der Waals surface area contributed by atoms with Gasteiger partial charge in [0, 0.05) is 35.3 Å². The SMILES string of the molecule is CCNC(CCc1cccnc1)Cc1cncc(Br)c1. The lowest BCUT2D eigenvalue weighted by atomic mass is 10.0. The van der Waals surface area contributed by atoms with Crippen molar-refractivity contribution in [3.05, 3.63) is 58.6 Å². The van der Waals surface area contributed by atoms with Crippen molar-refractivity contribution in [3.63, 3.8) is 0 Å². The second kappa shape index (κ2) is 8.12. The Morgan fingerprint density at radius 1 is 1.20 bits per heavy atom. The Balaban J connectivity index is 1.93. The van der Waals surface area contributed by atoms with E-state index >= 15 is 0 Å². The highest BCUT2D eigenvalue weighted by molar-refractivity contribution is 9.10. The Morgan fingerprint density at radius 2 is 2.05 bits per heavy atom. The first-order valence-corrected chi connectivity index (χ1v) is 7.79. The molecule has 2 heterocycles. The molecule has 0 aliphatic heterocycles. The van der Waals surface area contributed by atoms with Crippen LogP contribution in [-0.2, 0) is 12.8 Å². The van der Waals surface area contributed by atoms with Crippen LogP contribution in [0.4, 0.5) is 0 Å². The molecule has 0 spiro atoms. The van der Waals surface area contributed by atoms with Gasteiger partial charge in [-0.2, -0.15) is 0 Å². The van der Waals surface area contributed by atoms with Gasteiger partial charge in [-0.05, 0) is 65.0 Å². The summed E-state index contributed by atoms with van der Waals surface area (Å²) in [6, 6.07) is 6.74. The number of likely N-dealkylation sites (N-methyl/N-ethyl adjacent to an activating group) is 1. The highest BCUT2D eigenvalue weighted by atomic mass is 79.9. The largest absolute Gasteiger partial charge is 0.314 e. The standard InChI is InChI=1S/C16H20BrN3/c1-2-20-16(6-5-13-4-3-7-18-10-13)9-14-8-15(17)12-19-11-14/h3-4,7-8,10-12,16,20H,2,5-6,9H2,1H3. The summed E-state index contributed by atoms with van der Waals surface area (Å²) >= 11 is 3.48. The summed E-state index contributed by atoms with van der Waals surface area (Å²) in [6.45, 7) is 3.13. The summed E-state index contributed by atoms with van der Waals surface area (Å²) in [5.41, 5.74) is 2.55. The zero-order chi connectivity index (χ0) is 14.2. The number of nitrogens with zero attached hydrogens (tertiary/aromatic N) is 2. The first kappa shape index (κ1) is 15.1.